The number of likely N-dealkylation sites (tertiary alicyclic amines) is 1. The summed E-state index contributed by atoms with van der Waals surface area (Å²) in [4.78, 5) is 18.1. The highest BCUT2D eigenvalue weighted by Gasteiger charge is 2.28. The van der Waals surface area contributed by atoms with Crippen molar-refractivity contribution in [3.8, 4) is 0 Å². The Hall–Kier alpha value is -1.03. The van der Waals surface area contributed by atoms with Gasteiger partial charge in [0.1, 0.15) is 0 Å². The molecule has 0 radical (unpaired) electrons. The number of hydrogen-bond acceptors (Lipinski definition) is 2. The topological polar surface area (TPSA) is 38.1 Å². The zero-order chi connectivity index (χ0) is 12.4. The molecule has 1 unspecified atom stereocenters. The predicted molar refractivity (Wildman–Crippen MR) is 67.0 cm³/mol. The second-order valence-corrected chi connectivity index (χ2v) is 5.15. The second-order valence-electron chi connectivity index (χ2n) is 4.71. The first kappa shape index (κ1) is 12.4. The van der Waals surface area contributed by atoms with Crippen LogP contribution >= 0.6 is 11.6 Å². The van der Waals surface area contributed by atoms with Crippen molar-refractivity contribution in [2.24, 2.45) is 0 Å². The van der Waals surface area contributed by atoms with Crippen LogP contribution in [0, 0.1) is 0 Å². The van der Waals surface area contributed by atoms with Gasteiger partial charge in [0.2, 0.25) is 5.91 Å². The zero-order valence-corrected chi connectivity index (χ0v) is 11.0. The summed E-state index contributed by atoms with van der Waals surface area (Å²) in [6, 6.07) is 0.264. The smallest absolute Gasteiger partial charge is 0.246 e. The third-order valence-corrected chi connectivity index (χ3v) is 3.56. The number of rotatable bonds is 3. The van der Waals surface area contributed by atoms with E-state index in [9.17, 15) is 4.79 Å². The Labute approximate surface area is 107 Å². The molecule has 0 saturated carbocycles. The molecule has 1 atom stereocenters. The van der Waals surface area contributed by atoms with Gasteiger partial charge < -0.3 is 9.47 Å². The van der Waals surface area contributed by atoms with E-state index in [1.807, 2.05) is 9.47 Å². The average Bonchev–Trinajstić information content (AvgIpc) is 2.97. The van der Waals surface area contributed by atoms with Crippen molar-refractivity contribution < 1.29 is 4.79 Å². The monoisotopic (exact) mass is 255 g/mol. The van der Waals surface area contributed by atoms with Gasteiger partial charge in [0.25, 0.3) is 0 Å². The van der Waals surface area contributed by atoms with Crippen LogP contribution in [-0.2, 0) is 4.79 Å². The number of carbonyl (C=O) groups excluding carboxylic acids is 1. The maximum Gasteiger partial charge on any atom is 0.246 e. The minimum absolute atomic E-state index is 0.00608. The second kappa shape index (κ2) is 5.08. The van der Waals surface area contributed by atoms with Crippen molar-refractivity contribution in [3.05, 3.63) is 18.2 Å². The molecule has 1 aromatic rings. The Bertz CT molecular complexity index is 396. The van der Waals surface area contributed by atoms with Gasteiger partial charge in [-0.15, -0.1) is 11.6 Å². The first-order valence-electron chi connectivity index (χ1n) is 6.06. The standard InChI is InChI=1S/C12H18ClN3O/c1-9(2)16-8-14-7-10(16)11(13)12(17)15-5-3-4-6-15/h7-9,11H,3-6H2,1-2H3. The van der Waals surface area contributed by atoms with Crippen molar-refractivity contribution in [1.29, 1.82) is 0 Å². The van der Waals surface area contributed by atoms with E-state index in [1.165, 1.54) is 0 Å². The molecule has 1 aliphatic heterocycles. The van der Waals surface area contributed by atoms with Gasteiger partial charge in [-0.05, 0) is 26.7 Å². The molecule has 1 aromatic heterocycles. The highest BCUT2D eigenvalue weighted by atomic mass is 35.5. The molecule has 0 bridgehead atoms. The lowest BCUT2D eigenvalue weighted by atomic mass is 10.2. The van der Waals surface area contributed by atoms with E-state index >= 15 is 0 Å². The van der Waals surface area contributed by atoms with E-state index < -0.39 is 5.38 Å². The summed E-state index contributed by atoms with van der Waals surface area (Å²) in [5.74, 6) is 0.00608. The zero-order valence-electron chi connectivity index (χ0n) is 10.3. The van der Waals surface area contributed by atoms with Crippen LogP contribution in [0.4, 0.5) is 0 Å². The van der Waals surface area contributed by atoms with Gasteiger partial charge in [-0.2, -0.15) is 0 Å². The van der Waals surface area contributed by atoms with Crippen LogP contribution in [0.25, 0.3) is 0 Å². The van der Waals surface area contributed by atoms with Crippen LogP contribution in [-0.4, -0.2) is 33.4 Å². The number of carbonyl (C=O) groups is 1. The van der Waals surface area contributed by atoms with Crippen LogP contribution in [0.5, 0.6) is 0 Å². The summed E-state index contributed by atoms with van der Waals surface area (Å²) in [5.41, 5.74) is 0.790. The normalized spacial score (nSPS) is 17.8. The number of amides is 1. The van der Waals surface area contributed by atoms with Crippen LogP contribution in [0.2, 0.25) is 0 Å². The van der Waals surface area contributed by atoms with Crippen LogP contribution in [0.15, 0.2) is 12.5 Å². The SMILES string of the molecule is CC(C)n1cncc1C(Cl)C(=O)N1CCCC1. The molecule has 1 amide bonds. The molecular weight excluding hydrogens is 238 g/mol. The molecular formula is C12H18ClN3O. The first-order valence-corrected chi connectivity index (χ1v) is 6.49. The molecule has 0 spiro atoms. The summed E-state index contributed by atoms with van der Waals surface area (Å²) >= 11 is 6.28. The Morgan fingerprint density at radius 3 is 2.65 bits per heavy atom. The minimum Gasteiger partial charge on any atom is -0.341 e. The molecule has 0 aliphatic carbocycles. The quantitative estimate of drug-likeness (QED) is 0.778. The third kappa shape index (κ3) is 2.46. The number of halogens is 1. The average molecular weight is 256 g/mol. The maximum absolute atomic E-state index is 12.2. The van der Waals surface area contributed by atoms with E-state index in [0.717, 1.165) is 31.6 Å². The molecule has 1 fully saturated rings. The number of hydrogen-bond donors (Lipinski definition) is 0. The van der Waals surface area contributed by atoms with Crippen molar-refractivity contribution in [1.82, 2.24) is 14.5 Å². The van der Waals surface area contributed by atoms with E-state index in [0.29, 0.717) is 0 Å². The molecule has 1 saturated heterocycles. The lowest BCUT2D eigenvalue weighted by Gasteiger charge is -2.21. The van der Waals surface area contributed by atoms with Crippen LogP contribution in [0.3, 0.4) is 0 Å². The number of imidazole rings is 1. The molecule has 17 heavy (non-hydrogen) atoms. The lowest BCUT2D eigenvalue weighted by molar-refractivity contribution is -0.129. The van der Waals surface area contributed by atoms with E-state index in [1.54, 1.807) is 12.5 Å². The minimum atomic E-state index is -0.613. The first-order chi connectivity index (χ1) is 8.11. The molecule has 0 aromatic carbocycles. The van der Waals surface area contributed by atoms with Gasteiger partial charge >= 0.3 is 0 Å². The number of nitrogens with zero attached hydrogens (tertiary/aromatic N) is 3. The molecule has 1 aliphatic rings. The summed E-state index contributed by atoms with van der Waals surface area (Å²) in [6.45, 7) is 5.76. The molecule has 0 N–H and O–H groups in total. The van der Waals surface area contributed by atoms with Crippen LogP contribution in [0.1, 0.15) is 43.8 Å². The third-order valence-electron chi connectivity index (χ3n) is 3.15. The fourth-order valence-corrected chi connectivity index (χ4v) is 2.47. The van der Waals surface area contributed by atoms with Gasteiger partial charge in [-0.3, -0.25) is 4.79 Å². The molecule has 2 heterocycles. The fraction of sp³-hybridized carbons (Fsp3) is 0.667. The number of aromatic nitrogens is 2. The van der Waals surface area contributed by atoms with E-state index in [2.05, 4.69) is 18.8 Å². The van der Waals surface area contributed by atoms with Gasteiger partial charge in [0.05, 0.1) is 18.2 Å². The van der Waals surface area contributed by atoms with Gasteiger partial charge in [-0.1, -0.05) is 0 Å². The Morgan fingerprint density at radius 1 is 1.41 bits per heavy atom. The van der Waals surface area contributed by atoms with Crippen molar-refractivity contribution in [2.75, 3.05) is 13.1 Å². The number of alkyl halides is 1. The van der Waals surface area contributed by atoms with E-state index in [-0.39, 0.29) is 11.9 Å². The molecule has 94 valence electrons. The van der Waals surface area contributed by atoms with Gasteiger partial charge in [0.15, 0.2) is 5.38 Å². The summed E-state index contributed by atoms with van der Waals surface area (Å²) < 4.78 is 1.95. The van der Waals surface area contributed by atoms with Crippen LogP contribution < -0.4 is 0 Å². The summed E-state index contributed by atoms with van der Waals surface area (Å²) in [7, 11) is 0. The van der Waals surface area contributed by atoms with Gasteiger partial charge in [-0.25, -0.2) is 4.98 Å². The van der Waals surface area contributed by atoms with E-state index in [4.69, 9.17) is 11.6 Å². The Morgan fingerprint density at radius 2 is 2.06 bits per heavy atom. The lowest BCUT2D eigenvalue weighted by Crippen LogP contribution is -2.31. The fourth-order valence-electron chi connectivity index (χ4n) is 2.17. The summed E-state index contributed by atoms with van der Waals surface area (Å²) in [6.07, 6.45) is 5.58. The highest BCUT2D eigenvalue weighted by molar-refractivity contribution is 6.30. The summed E-state index contributed by atoms with van der Waals surface area (Å²) in [5, 5.41) is -0.613. The molecule has 2 rings (SSSR count). The largest absolute Gasteiger partial charge is 0.341 e. The predicted octanol–water partition coefficient (Wildman–Crippen LogP) is 2.37. The van der Waals surface area contributed by atoms with Gasteiger partial charge in [0, 0.05) is 19.1 Å². The van der Waals surface area contributed by atoms with Crippen molar-refractivity contribution >= 4 is 17.5 Å². The van der Waals surface area contributed by atoms with Crippen molar-refractivity contribution in [3.63, 3.8) is 0 Å². The Kier molecular flexibility index (Phi) is 3.72. The molecule has 5 heteroatoms. The van der Waals surface area contributed by atoms with Crippen molar-refractivity contribution in [2.45, 2.75) is 38.1 Å². The molecule has 4 nitrogen and oxygen atoms in total. The highest BCUT2D eigenvalue weighted by Crippen LogP contribution is 2.26. The maximum atomic E-state index is 12.2. The Balaban J connectivity index is 2.15.